The van der Waals surface area contributed by atoms with Gasteiger partial charge in [-0.05, 0) is 26.0 Å². The number of hydrogen-bond acceptors (Lipinski definition) is 4. The van der Waals surface area contributed by atoms with Crippen LogP contribution >= 0.6 is 24.0 Å². The van der Waals surface area contributed by atoms with E-state index >= 15 is 0 Å². The number of imide groups is 1. The zero-order chi connectivity index (χ0) is 14.3. The molecule has 0 spiro atoms. The smallest absolute Gasteiger partial charge is 0.274 e. The minimum Gasteiger partial charge on any atom is -0.358 e. The highest BCUT2D eigenvalue weighted by molar-refractivity contribution is 8.23. The molecular weight excluding hydrogens is 282 g/mol. The highest BCUT2D eigenvalue weighted by atomic mass is 32.2. The van der Waals surface area contributed by atoms with Crippen molar-refractivity contribution in [3.63, 3.8) is 0 Å². The second-order valence-electron chi connectivity index (χ2n) is 3.69. The van der Waals surface area contributed by atoms with E-state index in [1.54, 1.807) is 18.3 Å². The number of aromatic amines is 1. The van der Waals surface area contributed by atoms with E-state index in [9.17, 15) is 9.59 Å². The molecule has 2 amide bonds. The molecule has 0 saturated carbocycles. The van der Waals surface area contributed by atoms with E-state index in [1.165, 1.54) is 11.8 Å². The highest BCUT2D eigenvalue weighted by Gasteiger charge is 2.13. The monoisotopic (exact) mass is 299 g/mol. The summed E-state index contributed by atoms with van der Waals surface area (Å²) in [6.45, 7) is 5.63. The molecule has 0 aliphatic rings. The van der Waals surface area contributed by atoms with Crippen molar-refractivity contribution in [1.82, 2.24) is 15.2 Å². The number of carbonyl (C=O) groups excluding carboxylic acids is 2. The molecular formula is C12H17N3O2S2. The third-order valence-corrected chi connectivity index (χ3v) is 3.97. The summed E-state index contributed by atoms with van der Waals surface area (Å²) in [5, 5.41) is 2.30. The van der Waals surface area contributed by atoms with Crippen LogP contribution in [0.25, 0.3) is 0 Å². The number of thiocarbonyl (C=S) groups is 1. The summed E-state index contributed by atoms with van der Waals surface area (Å²) in [5.74, 6) is -0.634. The molecule has 104 valence electrons. The van der Waals surface area contributed by atoms with Crippen molar-refractivity contribution in [3.8, 4) is 0 Å². The van der Waals surface area contributed by atoms with Crippen LogP contribution in [0.1, 0.15) is 24.3 Å². The third-order valence-electron chi connectivity index (χ3n) is 2.44. The molecule has 0 atom stereocenters. The number of nitrogens with one attached hydrogen (secondary N) is 2. The molecule has 0 aromatic carbocycles. The Morgan fingerprint density at radius 1 is 1.42 bits per heavy atom. The van der Waals surface area contributed by atoms with Gasteiger partial charge in [-0.25, -0.2) is 0 Å². The van der Waals surface area contributed by atoms with Gasteiger partial charge in [0.1, 0.15) is 10.0 Å². The molecule has 7 heteroatoms. The van der Waals surface area contributed by atoms with Crippen molar-refractivity contribution in [2.75, 3.05) is 18.8 Å². The van der Waals surface area contributed by atoms with Gasteiger partial charge in [0.25, 0.3) is 5.91 Å². The Kier molecular flexibility index (Phi) is 6.58. The first kappa shape index (κ1) is 15.7. The fourth-order valence-corrected chi connectivity index (χ4v) is 2.60. The van der Waals surface area contributed by atoms with Crippen molar-refractivity contribution in [2.45, 2.75) is 13.8 Å². The molecule has 0 fully saturated rings. The molecule has 0 bridgehead atoms. The first-order chi connectivity index (χ1) is 9.08. The second-order valence-corrected chi connectivity index (χ2v) is 5.30. The predicted octanol–water partition coefficient (Wildman–Crippen LogP) is 1.63. The van der Waals surface area contributed by atoms with Crippen molar-refractivity contribution < 1.29 is 9.59 Å². The van der Waals surface area contributed by atoms with Crippen LogP contribution in [0.5, 0.6) is 0 Å². The Hall–Kier alpha value is -1.34. The molecule has 1 rings (SSSR count). The summed E-state index contributed by atoms with van der Waals surface area (Å²) in [5.41, 5.74) is 0.365. The number of carbonyl (C=O) groups is 2. The van der Waals surface area contributed by atoms with Gasteiger partial charge in [-0.15, -0.1) is 0 Å². The Morgan fingerprint density at radius 3 is 2.63 bits per heavy atom. The van der Waals surface area contributed by atoms with Gasteiger partial charge in [-0.1, -0.05) is 24.0 Å². The van der Waals surface area contributed by atoms with Crippen LogP contribution in [0.3, 0.4) is 0 Å². The summed E-state index contributed by atoms with van der Waals surface area (Å²) in [4.78, 5) is 27.9. The van der Waals surface area contributed by atoms with Gasteiger partial charge in [0.2, 0.25) is 5.91 Å². The van der Waals surface area contributed by atoms with Crippen molar-refractivity contribution in [3.05, 3.63) is 24.0 Å². The Bertz CT molecular complexity index is 442. The Labute approximate surface area is 122 Å². The lowest BCUT2D eigenvalue weighted by Crippen LogP contribution is -2.33. The molecule has 1 aromatic rings. The number of nitrogens with zero attached hydrogens (tertiary/aromatic N) is 1. The lowest BCUT2D eigenvalue weighted by Gasteiger charge is -2.20. The van der Waals surface area contributed by atoms with E-state index in [-0.39, 0.29) is 11.7 Å². The topological polar surface area (TPSA) is 65.2 Å². The summed E-state index contributed by atoms with van der Waals surface area (Å²) in [6, 6.07) is 3.31. The number of rotatable bonds is 5. The molecule has 0 unspecified atom stereocenters. The van der Waals surface area contributed by atoms with Crippen molar-refractivity contribution in [1.29, 1.82) is 0 Å². The average molecular weight is 299 g/mol. The van der Waals surface area contributed by atoms with Crippen LogP contribution in [-0.4, -0.2) is 44.9 Å². The van der Waals surface area contributed by atoms with E-state index in [4.69, 9.17) is 12.2 Å². The summed E-state index contributed by atoms with van der Waals surface area (Å²) >= 11 is 6.47. The zero-order valence-electron chi connectivity index (χ0n) is 10.9. The van der Waals surface area contributed by atoms with Crippen LogP contribution in [0.15, 0.2) is 18.3 Å². The Morgan fingerprint density at radius 2 is 2.11 bits per heavy atom. The summed E-state index contributed by atoms with van der Waals surface area (Å²) in [6.07, 6.45) is 1.63. The van der Waals surface area contributed by atoms with E-state index in [2.05, 4.69) is 10.3 Å². The molecule has 1 heterocycles. The maximum absolute atomic E-state index is 11.6. The standard InChI is InChI=1S/C12H17N3O2S2/c1-3-15(4-2)12(18)19-8-10(16)14-11(17)9-6-5-7-13-9/h5-7,13H,3-4,8H2,1-2H3,(H,14,16,17). The van der Waals surface area contributed by atoms with Crippen molar-refractivity contribution in [2.24, 2.45) is 0 Å². The maximum atomic E-state index is 11.6. The molecule has 0 radical (unpaired) electrons. The lowest BCUT2D eigenvalue weighted by atomic mass is 10.4. The zero-order valence-corrected chi connectivity index (χ0v) is 12.6. The van der Waals surface area contributed by atoms with Crippen LogP contribution in [0.4, 0.5) is 0 Å². The van der Waals surface area contributed by atoms with Gasteiger partial charge in [0.05, 0.1) is 5.75 Å². The minimum absolute atomic E-state index is 0.141. The first-order valence-corrected chi connectivity index (χ1v) is 7.37. The van der Waals surface area contributed by atoms with Gasteiger partial charge in [0.15, 0.2) is 0 Å². The molecule has 19 heavy (non-hydrogen) atoms. The first-order valence-electron chi connectivity index (χ1n) is 5.97. The highest BCUT2D eigenvalue weighted by Crippen LogP contribution is 2.08. The van der Waals surface area contributed by atoms with Crippen LogP contribution < -0.4 is 5.32 Å². The molecule has 1 aromatic heterocycles. The molecule has 5 nitrogen and oxygen atoms in total. The molecule has 2 N–H and O–H groups in total. The minimum atomic E-state index is -0.427. The van der Waals surface area contributed by atoms with Crippen LogP contribution in [-0.2, 0) is 4.79 Å². The van der Waals surface area contributed by atoms with Crippen LogP contribution in [0.2, 0.25) is 0 Å². The van der Waals surface area contributed by atoms with E-state index in [0.29, 0.717) is 10.0 Å². The average Bonchev–Trinajstić information content (AvgIpc) is 2.91. The van der Waals surface area contributed by atoms with E-state index < -0.39 is 5.91 Å². The fourth-order valence-electron chi connectivity index (χ4n) is 1.40. The molecule has 0 aliphatic heterocycles. The van der Waals surface area contributed by atoms with Crippen LogP contribution in [0, 0.1) is 0 Å². The molecule has 0 saturated heterocycles. The maximum Gasteiger partial charge on any atom is 0.274 e. The lowest BCUT2D eigenvalue weighted by molar-refractivity contribution is -0.117. The van der Waals surface area contributed by atoms with Gasteiger partial charge in [-0.2, -0.15) is 0 Å². The largest absolute Gasteiger partial charge is 0.358 e. The number of aromatic nitrogens is 1. The van der Waals surface area contributed by atoms with E-state index in [0.717, 1.165) is 13.1 Å². The third kappa shape index (κ3) is 5.04. The Balaban J connectivity index is 2.36. The number of hydrogen-bond donors (Lipinski definition) is 2. The number of thioether (sulfide) groups is 1. The SMILES string of the molecule is CCN(CC)C(=S)SCC(=O)NC(=O)c1ccc[nH]1. The fraction of sp³-hybridized carbons (Fsp3) is 0.417. The second kappa shape index (κ2) is 7.96. The van der Waals surface area contributed by atoms with E-state index in [1.807, 2.05) is 18.7 Å². The van der Waals surface area contributed by atoms with Crippen molar-refractivity contribution >= 4 is 40.1 Å². The normalized spacial score (nSPS) is 10.0. The molecule has 0 aliphatic carbocycles. The summed E-state index contributed by atoms with van der Waals surface area (Å²) in [7, 11) is 0. The number of H-pyrrole nitrogens is 1. The van der Waals surface area contributed by atoms with Gasteiger partial charge in [0, 0.05) is 19.3 Å². The summed E-state index contributed by atoms with van der Waals surface area (Å²) < 4.78 is 0.674. The predicted molar refractivity (Wildman–Crippen MR) is 81.2 cm³/mol. The van der Waals surface area contributed by atoms with Gasteiger partial charge >= 0.3 is 0 Å². The quantitative estimate of drug-likeness (QED) is 0.809. The van der Waals surface area contributed by atoms with Gasteiger partial charge < -0.3 is 9.88 Å². The van der Waals surface area contributed by atoms with Gasteiger partial charge in [-0.3, -0.25) is 14.9 Å². The number of amides is 2.